The number of aromatic nitrogens is 4. The number of nitrogens with zero attached hydrogens (tertiary/aromatic N) is 5. The Bertz CT molecular complexity index is 609. The van der Waals surface area contributed by atoms with Gasteiger partial charge in [-0.1, -0.05) is 28.8 Å². The molecular formula is C10H10ClN7O. The Morgan fingerprint density at radius 3 is 3.11 bits per heavy atom. The monoisotopic (exact) mass is 279 g/mol. The Hall–Kier alpha value is -2.48. The van der Waals surface area contributed by atoms with Crippen LogP contribution in [0.15, 0.2) is 29.4 Å². The van der Waals surface area contributed by atoms with Crippen LogP contribution in [-0.4, -0.2) is 32.3 Å². The molecule has 8 nitrogen and oxygen atoms in total. The molecule has 0 aliphatic carbocycles. The molecule has 0 saturated heterocycles. The normalized spacial score (nSPS) is 10.8. The molecule has 1 heterocycles. The number of tetrazole rings is 1. The van der Waals surface area contributed by atoms with Crippen LogP contribution in [0.4, 0.5) is 5.95 Å². The fraction of sp³-hybridized carbons (Fsp3) is 0.100. The average Bonchev–Trinajstić information content (AvgIpc) is 2.75. The van der Waals surface area contributed by atoms with Crippen LogP contribution in [0.3, 0.4) is 0 Å². The highest BCUT2D eigenvalue weighted by Crippen LogP contribution is 2.08. The van der Waals surface area contributed by atoms with Crippen LogP contribution in [-0.2, 0) is 11.3 Å². The van der Waals surface area contributed by atoms with Crippen molar-refractivity contribution in [3.63, 3.8) is 0 Å². The lowest BCUT2D eigenvalue weighted by Gasteiger charge is -1.98. The SMILES string of the molecule is Nc1nnn(CC(=O)N/N=C/c2cccc(Cl)c2)n1. The van der Waals surface area contributed by atoms with Crippen LogP contribution in [0.2, 0.25) is 5.02 Å². The summed E-state index contributed by atoms with van der Waals surface area (Å²) >= 11 is 5.81. The third kappa shape index (κ3) is 4.03. The number of nitrogens with two attached hydrogens (primary N) is 1. The number of nitrogen functional groups attached to an aromatic ring is 1. The van der Waals surface area contributed by atoms with Crippen LogP contribution in [0.1, 0.15) is 5.56 Å². The van der Waals surface area contributed by atoms with Crippen LogP contribution in [0, 0.1) is 0 Å². The van der Waals surface area contributed by atoms with Crippen LogP contribution < -0.4 is 11.2 Å². The van der Waals surface area contributed by atoms with Gasteiger partial charge in [0.25, 0.3) is 11.9 Å². The van der Waals surface area contributed by atoms with Gasteiger partial charge >= 0.3 is 0 Å². The van der Waals surface area contributed by atoms with E-state index in [2.05, 4.69) is 25.9 Å². The number of halogens is 1. The predicted molar refractivity (Wildman–Crippen MR) is 69.4 cm³/mol. The van der Waals surface area contributed by atoms with Crippen molar-refractivity contribution >= 4 is 29.7 Å². The molecule has 2 aromatic rings. The second kappa shape index (κ2) is 5.91. The Labute approximate surface area is 113 Å². The summed E-state index contributed by atoms with van der Waals surface area (Å²) in [4.78, 5) is 12.5. The largest absolute Gasteiger partial charge is 0.365 e. The molecule has 98 valence electrons. The zero-order valence-electron chi connectivity index (χ0n) is 9.69. The van der Waals surface area contributed by atoms with Crippen LogP contribution >= 0.6 is 11.6 Å². The van der Waals surface area contributed by atoms with E-state index in [0.29, 0.717) is 5.02 Å². The number of benzene rings is 1. The van der Waals surface area contributed by atoms with E-state index >= 15 is 0 Å². The van der Waals surface area contributed by atoms with E-state index in [4.69, 9.17) is 17.3 Å². The van der Waals surface area contributed by atoms with Gasteiger partial charge in [0.1, 0.15) is 6.54 Å². The first-order chi connectivity index (χ1) is 9.13. The van der Waals surface area contributed by atoms with Crippen molar-refractivity contribution in [1.82, 2.24) is 25.6 Å². The lowest BCUT2D eigenvalue weighted by Crippen LogP contribution is -2.24. The van der Waals surface area contributed by atoms with Gasteiger partial charge in [-0.3, -0.25) is 4.79 Å². The van der Waals surface area contributed by atoms with Gasteiger partial charge in [0.05, 0.1) is 6.21 Å². The van der Waals surface area contributed by atoms with Gasteiger partial charge in [0.2, 0.25) is 0 Å². The van der Waals surface area contributed by atoms with Gasteiger partial charge < -0.3 is 5.73 Å². The quantitative estimate of drug-likeness (QED) is 0.607. The zero-order chi connectivity index (χ0) is 13.7. The number of anilines is 1. The van der Waals surface area contributed by atoms with Crippen molar-refractivity contribution in [2.75, 3.05) is 5.73 Å². The first kappa shape index (κ1) is 13.0. The molecule has 2 rings (SSSR count). The van der Waals surface area contributed by atoms with E-state index in [9.17, 15) is 4.79 Å². The zero-order valence-corrected chi connectivity index (χ0v) is 10.4. The van der Waals surface area contributed by atoms with Crippen molar-refractivity contribution in [2.24, 2.45) is 5.10 Å². The summed E-state index contributed by atoms with van der Waals surface area (Å²) in [5.74, 6) is -0.383. The van der Waals surface area contributed by atoms with Crippen LogP contribution in [0.5, 0.6) is 0 Å². The first-order valence-corrected chi connectivity index (χ1v) is 5.62. The van der Waals surface area contributed by atoms with Crippen LogP contribution in [0.25, 0.3) is 0 Å². The molecule has 1 aromatic heterocycles. The molecule has 1 amide bonds. The minimum absolute atomic E-state index is 0.00947. The molecular weight excluding hydrogens is 270 g/mol. The summed E-state index contributed by atoms with van der Waals surface area (Å²) in [6, 6.07) is 7.06. The van der Waals surface area contributed by atoms with Gasteiger partial charge in [-0.25, -0.2) is 5.43 Å². The van der Waals surface area contributed by atoms with Gasteiger partial charge in [0.15, 0.2) is 0 Å². The predicted octanol–water partition coefficient (Wildman–Crippen LogP) is 0.0590. The number of hydrogen-bond donors (Lipinski definition) is 2. The minimum atomic E-state index is -0.393. The molecule has 0 aliphatic heterocycles. The molecule has 0 spiro atoms. The number of hydrogen-bond acceptors (Lipinski definition) is 6. The van der Waals surface area contributed by atoms with Crippen molar-refractivity contribution in [2.45, 2.75) is 6.54 Å². The maximum atomic E-state index is 11.5. The number of hydrazone groups is 1. The van der Waals surface area contributed by atoms with Gasteiger partial charge in [0, 0.05) is 5.02 Å². The Kier molecular flexibility index (Phi) is 4.04. The van der Waals surface area contributed by atoms with Crippen molar-refractivity contribution < 1.29 is 4.79 Å². The molecule has 0 bridgehead atoms. The average molecular weight is 280 g/mol. The Morgan fingerprint density at radius 2 is 2.42 bits per heavy atom. The molecule has 3 N–H and O–H groups in total. The fourth-order valence-electron chi connectivity index (χ4n) is 1.25. The molecule has 0 radical (unpaired) electrons. The van der Waals surface area contributed by atoms with Gasteiger partial charge in [-0.05, 0) is 22.9 Å². The molecule has 9 heteroatoms. The number of amides is 1. The fourth-order valence-corrected chi connectivity index (χ4v) is 1.45. The summed E-state index contributed by atoms with van der Waals surface area (Å²) < 4.78 is 0. The van der Waals surface area contributed by atoms with Gasteiger partial charge in [-0.15, -0.1) is 5.10 Å². The summed E-state index contributed by atoms with van der Waals surface area (Å²) in [6.45, 7) is -0.114. The molecule has 1 aromatic carbocycles. The van der Waals surface area contributed by atoms with Crippen molar-refractivity contribution in [3.05, 3.63) is 34.9 Å². The first-order valence-electron chi connectivity index (χ1n) is 5.24. The Balaban J connectivity index is 1.86. The van der Waals surface area contributed by atoms with E-state index in [-0.39, 0.29) is 12.5 Å². The standard InChI is InChI=1S/C10H10ClN7O/c11-8-3-1-2-7(4-8)5-13-14-9(19)6-18-16-10(12)15-17-18/h1-5H,6H2,(H2,12,16)(H,14,19)/b13-5+. The highest BCUT2D eigenvalue weighted by atomic mass is 35.5. The molecule has 0 unspecified atom stereocenters. The second-order valence-electron chi connectivity index (χ2n) is 3.53. The van der Waals surface area contributed by atoms with E-state index in [1.807, 2.05) is 0 Å². The summed E-state index contributed by atoms with van der Waals surface area (Å²) in [5.41, 5.74) is 8.37. The summed E-state index contributed by atoms with van der Waals surface area (Å²) in [5, 5.41) is 15.0. The maximum Gasteiger partial charge on any atom is 0.263 e. The highest BCUT2D eigenvalue weighted by molar-refractivity contribution is 6.30. The minimum Gasteiger partial charge on any atom is -0.365 e. The summed E-state index contributed by atoms with van der Waals surface area (Å²) in [7, 11) is 0. The third-order valence-corrected chi connectivity index (χ3v) is 2.24. The number of carbonyl (C=O) groups is 1. The number of nitrogens with one attached hydrogen (secondary N) is 1. The topological polar surface area (TPSA) is 111 Å². The Morgan fingerprint density at radius 1 is 1.58 bits per heavy atom. The van der Waals surface area contributed by atoms with E-state index in [0.717, 1.165) is 10.4 Å². The molecule has 0 aliphatic rings. The lowest BCUT2D eigenvalue weighted by atomic mass is 10.2. The van der Waals surface area contributed by atoms with E-state index < -0.39 is 5.91 Å². The van der Waals surface area contributed by atoms with E-state index in [1.165, 1.54) is 6.21 Å². The third-order valence-electron chi connectivity index (χ3n) is 2.00. The smallest absolute Gasteiger partial charge is 0.263 e. The summed E-state index contributed by atoms with van der Waals surface area (Å²) in [6.07, 6.45) is 1.48. The second-order valence-corrected chi connectivity index (χ2v) is 3.96. The number of rotatable bonds is 4. The molecule has 0 fully saturated rings. The molecule has 0 saturated carbocycles. The number of carbonyl (C=O) groups excluding carboxylic acids is 1. The molecule has 19 heavy (non-hydrogen) atoms. The maximum absolute atomic E-state index is 11.5. The lowest BCUT2D eigenvalue weighted by molar-refractivity contribution is -0.122. The molecule has 0 atom stereocenters. The van der Waals surface area contributed by atoms with Gasteiger partial charge in [-0.2, -0.15) is 9.90 Å². The highest BCUT2D eigenvalue weighted by Gasteiger charge is 2.04. The van der Waals surface area contributed by atoms with Crippen molar-refractivity contribution in [1.29, 1.82) is 0 Å². The van der Waals surface area contributed by atoms with Crippen molar-refractivity contribution in [3.8, 4) is 0 Å². The van der Waals surface area contributed by atoms with E-state index in [1.54, 1.807) is 24.3 Å².